The van der Waals surface area contributed by atoms with Crippen LogP contribution in [0.4, 0.5) is 5.69 Å². The molecule has 0 aliphatic heterocycles. The number of nitrogen functional groups attached to an aromatic ring is 1. The van der Waals surface area contributed by atoms with E-state index in [4.69, 9.17) is 22.1 Å². The van der Waals surface area contributed by atoms with Gasteiger partial charge in [-0.15, -0.1) is 0 Å². The highest BCUT2D eigenvalue weighted by Crippen LogP contribution is 2.28. The predicted molar refractivity (Wildman–Crippen MR) is 60.2 cm³/mol. The van der Waals surface area contributed by atoms with Crippen LogP contribution < -0.4 is 10.5 Å². The van der Waals surface area contributed by atoms with E-state index < -0.39 is 0 Å². The number of hydrogen-bond acceptors (Lipinski definition) is 3. The van der Waals surface area contributed by atoms with E-state index in [1.807, 2.05) is 12.1 Å². The minimum absolute atomic E-state index is 0.494. The summed E-state index contributed by atoms with van der Waals surface area (Å²) in [6.07, 6.45) is 1.65. The first-order valence-electron chi connectivity index (χ1n) is 4.39. The molecule has 2 aromatic rings. The number of pyridine rings is 1. The Balaban J connectivity index is 2.25. The first-order chi connectivity index (χ1) is 7.25. The molecular formula is C11H9ClN2O. The fraction of sp³-hybridized carbons (Fsp3) is 0. The molecular weight excluding hydrogens is 212 g/mol. The molecule has 0 aliphatic carbocycles. The fourth-order valence-electron chi connectivity index (χ4n) is 1.13. The van der Waals surface area contributed by atoms with Gasteiger partial charge in [-0.3, -0.25) is 0 Å². The molecule has 0 fully saturated rings. The third-order valence-corrected chi connectivity index (χ3v) is 2.06. The van der Waals surface area contributed by atoms with Crippen molar-refractivity contribution in [3.63, 3.8) is 0 Å². The van der Waals surface area contributed by atoms with Gasteiger partial charge in [-0.05, 0) is 24.3 Å². The minimum atomic E-state index is 0.494. The smallest absolute Gasteiger partial charge is 0.219 e. The van der Waals surface area contributed by atoms with Gasteiger partial charge in [-0.25, -0.2) is 4.98 Å². The molecule has 3 nitrogen and oxygen atoms in total. The SMILES string of the molecule is Nc1cc(Cl)ccc1Oc1ccccn1. The van der Waals surface area contributed by atoms with Gasteiger partial charge in [-0.1, -0.05) is 17.7 Å². The number of rotatable bonds is 2. The number of halogens is 1. The number of aromatic nitrogens is 1. The lowest BCUT2D eigenvalue weighted by molar-refractivity contribution is 0.465. The van der Waals surface area contributed by atoms with Crippen LogP contribution in [0.5, 0.6) is 11.6 Å². The summed E-state index contributed by atoms with van der Waals surface area (Å²) in [6, 6.07) is 10.5. The number of anilines is 1. The first-order valence-corrected chi connectivity index (χ1v) is 4.77. The molecule has 0 saturated heterocycles. The van der Waals surface area contributed by atoms with Crippen molar-refractivity contribution in [2.45, 2.75) is 0 Å². The fourth-order valence-corrected chi connectivity index (χ4v) is 1.31. The second kappa shape index (κ2) is 4.19. The molecule has 2 N–H and O–H groups in total. The molecule has 15 heavy (non-hydrogen) atoms. The van der Waals surface area contributed by atoms with Crippen molar-refractivity contribution in [3.8, 4) is 11.6 Å². The monoisotopic (exact) mass is 220 g/mol. The van der Waals surface area contributed by atoms with Crippen molar-refractivity contribution in [2.24, 2.45) is 0 Å². The first kappa shape index (κ1) is 9.80. The lowest BCUT2D eigenvalue weighted by atomic mass is 10.3. The Hall–Kier alpha value is -1.74. The topological polar surface area (TPSA) is 48.1 Å². The highest BCUT2D eigenvalue weighted by Gasteiger charge is 2.02. The maximum absolute atomic E-state index is 5.77. The molecule has 0 aliphatic rings. The van der Waals surface area contributed by atoms with Crippen molar-refractivity contribution in [2.75, 3.05) is 5.73 Å². The Kier molecular flexibility index (Phi) is 2.74. The van der Waals surface area contributed by atoms with E-state index in [-0.39, 0.29) is 0 Å². The highest BCUT2D eigenvalue weighted by molar-refractivity contribution is 6.30. The Labute approximate surface area is 92.5 Å². The summed E-state index contributed by atoms with van der Waals surface area (Å²) in [5, 5.41) is 0.584. The maximum Gasteiger partial charge on any atom is 0.219 e. The predicted octanol–water partition coefficient (Wildman–Crippen LogP) is 3.11. The molecule has 0 bridgehead atoms. The summed E-state index contributed by atoms with van der Waals surface area (Å²) >= 11 is 5.77. The lowest BCUT2D eigenvalue weighted by Gasteiger charge is -2.06. The Morgan fingerprint density at radius 2 is 2.07 bits per heavy atom. The van der Waals surface area contributed by atoms with Crippen LogP contribution >= 0.6 is 11.6 Å². The van der Waals surface area contributed by atoms with Gasteiger partial charge in [-0.2, -0.15) is 0 Å². The average molecular weight is 221 g/mol. The summed E-state index contributed by atoms with van der Waals surface area (Å²) in [5.74, 6) is 1.06. The zero-order valence-corrected chi connectivity index (χ0v) is 8.61. The second-order valence-corrected chi connectivity index (χ2v) is 3.39. The number of nitrogens with two attached hydrogens (primary N) is 1. The number of hydrogen-bond donors (Lipinski definition) is 1. The van der Waals surface area contributed by atoms with Crippen LogP contribution in [-0.4, -0.2) is 4.98 Å². The van der Waals surface area contributed by atoms with Gasteiger partial charge in [0.2, 0.25) is 5.88 Å². The maximum atomic E-state index is 5.77. The number of nitrogens with zero attached hydrogens (tertiary/aromatic N) is 1. The van der Waals surface area contributed by atoms with E-state index in [0.717, 1.165) is 0 Å². The lowest BCUT2D eigenvalue weighted by Crippen LogP contribution is -1.92. The van der Waals surface area contributed by atoms with E-state index >= 15 is 0 Å². The average Bonchev–Trinajstić information content (AvgIpc) is 2.24. The van der Waals surface area contributed by atoms with Crippen LogP contribution in [0, 0.1) is 0 Å². The van der Waals surface area contributed by atoms with Crippen LogP contribution in [0.3, 0.4) is 0 Å². The summed E-state index contributed by atoms with van der Waals surface area (Å²) in [5.41, 5.74) is 6.23. The molecule has 2 rings (SSSR count). The van der Waals surface area contributed by atoms with E-state index in [1.54, 1.807) is 30.5 Å². The normalized spacial score (nSPS) is 9.93. The standard InChI is InChI=1S/C11H9ClN2O/c12-8-4-5-10(9(13)7-8)15-11-3-1-2-6-14-11/h1-7H,13H2. The van der Waals surface area contributed by atoms with Crippen molar-refractivity contribution in [1.29, 1.82) is 0 Å². The third-order valence-electron chi connectivity index (χ3n) is 1.82. The van der Waals surface area contributed by atoms with E-state index in [1.165, 1.54) is 0 Å². The van der Waals surface area contributed by atoms with Crippen LogP contribution in [0.2, 0.25) is 5.02 Å². The quantitative estimate of drug-likeness (QED) is 0.792. The summed E-state index contributed by atoms with van der Waals surface area (Å²) in [7, 11) is 0. The van der Waals surface area contributed by atoms with Gasteiger partial charge in [0.05, 0.1) is 5.69 Å². The molecule has 0 saturated carbocycles. The summed E-state index contributed by atoms with van der Waals surface area (Å²) in [6.45, 7) is 0. The van der Waals surface area contributed by atoms with Crippen LogP contribution in [0.25, 0.3) is 0 Å². The zero-order valence-electron chi connectivity index (χ0n) is 7.85. The molecule has 1 aromatic carbocycles. The second-order valence-electron chi connectivity index (χ2n) is 2.95. The van der Waals surface area contributed by atoms with Crippen LogP contribution in [0.1, 0.15) is 0 Å². The third kappa shape index (κ3) is 2.39. The van der Waals surface area contributed by atoms with E-state index in [9.17, 15) is 0 Å². The van der Waals surface area contributed by atoms with Gasteiger partial charge in [0.1, 0.15) is 0 Å². The van der Waals surface area contributed by atoms with E-state index in [2.05, 4.69) is 4.98 Å². The van der Waals surface area contributed by atoms with Gasteiger partial charge in [0.25, 0.3) is 0 Å². The number of benzene rings is 1. The van der Waals surface area contributed by atoms with Crippen molar-refractivity contribution < 1.29 is 4.74 Å². The molecule has 1 aromatic heterocycles. The molecule has 1 heterocycles. The van der Waals surface area contributed by atoms with E-state index in [0.29, 0.717) is 22.3 Å². The Morgan fingerprint density at radius 1 is 1.20 bits per heavy atom. The van der Waals surface area contributed by atoms with Crippen molar-refractivity contribution >= 4 is 17.3 Å². The van der Waals surface area contributed by atoms with Crippen LogP contribution in [0.15, 0.2) is 42.6 Å². The molecule has 76 valence electrons. The molecule has 0 amide bonds. The minimum Gasteiger partial charge on any atom is -0.437 e. The largest absolute Gasteiger partial charge is 0.437 e. The van der Waals surface area contributed by atoms with Gasteiger partial charge in [0, 0.05) is 17.3 Å². The summed E-state index contributed by atoms with van der Waals surface area (Å²) < 4.78 is 5.47. The number of ether oxygens (including phenoxy) is 1. The van der Waals surface area contributed by atoms with Gasteiger partial charge < -0.3 is 10.5 Å². The highest BCUT2D eigenvalue weighted by atomic mass is 35.5. The van der Waals surface area contributed by atoms with Crippen molar-refractivity contribution in [1.82, 2.24) is 4.98 Å². The van der Waals surface area contributed by atoms with Gasteiger partial charge in [0.15, 0.2) is 5.75 Å². The molecule has 0 radical (unpaired) electrons. The van der Waals surface area contributed by atoms with Crippen LogP contribution in [-0.2, 0) is 0 Å². The zero-order chi connectivity index (χ0) is 10.7. The van der Waals surface area contributed by atoms with Gasteiger partial charge >= 0.3 is 0 Å². The Bertz CT molecular complexity index is 459. The summed E-state index contributed by atoms with van der Waals surface area (Å²) in [4.78, 5) is 4.03. The van der Waals surface area contributed by atoms with Crippen molar-refractivity contribution in [3.05, 3.63) is 47.6 Å². The molecule has 4 heteroatoms. The molecule has 0 unspecified atom stereocenters. The molecule has 0 spiro atoms. The molecule has 0 atom stereocenters. The Morgan fingerprint density at radius 3 is 2.73 bits per heavy atom.